The zero-order valence-electron chi connectivity index (χ0n) is 14.5. The quantitative estimate of drug-likeness (QED) is 0.507. The SMILES string of the molecule is CC(=O)OC(C)(C)c1ccc(OC(C(F)(F)F)C(F)(F)F)c2ccccc12. The van der Waals surface area contributed by atoms with Crippen LogP contribution in [0, 0.1) is 0 Å². The first-order valence-corrected chi connectivity index (χ1v) is 7.75. The van der Waals surface area contributed by atoms with Crippen LogP contribution in [-0.4, -0.2) is 24.4 Å². The number of fused-ring (bicyclic) bond motifs is 1. The number of carbonyl (C=O) groups excluding carboxylic acids is 1. The van der Waals surface area contributed by atoms with Crippen LogP contribution in [-0.2, 0) is 15.1 Å². The topological polar surface area (TPSA) is 35.5 Å². The van der Waals surface area contributed by atoms with Crippen molar-refractivity contribution >= 4 is 16.7 Å². The average molecular weight is 394 g/mol. The molecule has 0 atom stereocenters. The second-order valence-electron chi connectivity index (χ2n) is 6.34. The molecule has 0 spiro atoms. The Labute approximate surface area is 150 Å². The van der Waals surface area contributed by atoms with E-state index in [4.69, 9.17) is 4.74 Å². The van der Waals surface area contributed by atoms with Crippen molar-refractivity contribution in [3.05, 3.63) is 42.0 Å². The molecule has 0 amide bonds. The molecule has 27 heavy (non-hydrogen) atoms. The molecule has 0 N–H and O–H groups in total. The molecule has 148 valence electrons. The lowest BCUT2D eigenvalue weighted by molar-refractivity contribution is -0.299. The molecule has 0 radical (unpaired) electrons. The first-order chi connectivity index (χ1) is 12.2. The summed E-state index contributed by atoms with van der Waals surface area (Å²) in [5.41, 5.74) is -0.742. The maximum atomic E-state index is 12.8. The first-order valence-electron chi connectivity index (χ1n) is 7.75. The zero-order valence-corrected chi connectivity index (χ0v) is 14.5. The van der Waals surface area contributed by atoms with E-state index in [9.17, 15) is 31.1 Å². The van der Waals surface area contributed by atoms with Gasteiger partial charge in [0.2, 0.25) is 0 Å². The maximum absolute atomic E-state index is 12.8. The van der Waals surface area contributed by atoms with Gasteiger partial charge in [0.25, 0.3) is 6.10 Å². The third-order valence-electron chi connectivity index (χ3n) is 3.77. The molecule has 0 fully saturated rings. The van der Waals surface area contributed by atoms with Crippen molar-refractivity contribution in [1.82, 2.24) is 0 Å². The average Bonchev–Trinajstić information content (AvgIpc) is 2.48. The van der Waals surface area contributed by atoms with E-state index >= 15 is 0 Å². The van der Waals surface area contributed by atoms with Crippen LogP contribution in [0.4, 0.5) is 26.3 Å². The molecular weight excluding hydrogens is 378 g/mol. The van der Waals surface area contributed by atoms with Crippen LogP contribution in [0.25, 0.3) is 10.8 Å². The van der Waals surface area contributed by atoms with Gasteiger partial charge in [-0.05, 0) is 25.3 Å². The van der Waals surface area contributed by atoms with Gasteiger partial charge in [-0.25, -0.2) is 0 Å². The third kappa shape index (κ3) is 4.64. The van der Waals surface area contributed by atoms with Crippen LogP contribution in [0.2, 0.25) is 0 Å². The molecule has 0 saturated heterocycles. The van der Waals surface area contributed by atoms with Gasteiger partial charge < -0.3 is 9.47 Å². The Kier molecular flexibility index (Phi) is 5.36. The fourth-order valence-corrected chi connectivity index (χ4v) is 2.76. The summed E-state index contributed by atoms with van der Waals surface area (Å²) in [5.74, 6) is -1.16. The van der Waals surface area contributed by atoms with Crippen LogP contribution >= 0.6 is 0 Å². The molecule has 2 aromatic rings. The van der Waals surface area contributed by atoms with Gasteiger partial charge in [-0.15, -0.1) is 0 Å². The van der Waals surface area contributed by atoms with Gasteiger partial charge in [0, 0.05) is 17.9 Å². The minimum absolute atomic E-state index is 0.0359. The second-order valence-corrected chi connectivity index (χ2v) is 6.34. The monoisotopic (exact) mass is 394 g/mol. The lowest BCUT2D eigenvalue weighted by atomic mass is 9.92. The lowest BCUT2D eigenvalue weighted by Gasteiger charge is -2.28. The zero-order chi connectivity index (χ0) is 20.6. The van der Waals surface area contributed by atoms with Crippen molar-refractivity contribution in [3.63, 3.8) is 0 Å². The van der Waals surface area contributed by atoms with E-state index in [1.807, 2.05) is 0 Å². The minimum atomic E-state index is -5.63. The smallest absolute Gasteiger partial charge is 0.434 e. The molecule has 0 aromatic heterocycles. The number of carbonyl (C=O) groups is 1. The number of rotatable bonds is 4. The van der Waals surface area contributed by atoms with E-state index in [1.165, 1.54) is 31.2 Å². The van der Waals surface area contributed by atoms with Crippen LogP contribution in [0.15, 0.2) is 36.4 Å². The van der Waals surface area contributed by atoms with Gasteiger partial charge in [0.1, 0.15) is 11.4 Å². The van der Waals surface area contributed by atoms with Crippen molar-refractivity contribution in [3.8, 4) is 5.75 Å². The Morgan fingerprint density at radius 2 is 1.41 bits per heavy atom. The molecule has 0 aliphatic heterocycles. The van der Waals surface area contributed by atoms with E-state index in [0.717, 1.165) is 6.07 Å². The van der Waals surface area contributed by atoms with Gasteiger partial charge in [-0.2, -0.15) is 26.3 Å². The van der Waals surface area contributed by atoms with Gasteiger partial charge in [0.05, 0.1) is 0 Å². The Morgan fingerprint density at radius 1 is 0.889 bits per heavy atom. The highest BCUT2D eigenvalue weighted by atomic mass is 19.4. The van der Waals surface area contributed by atoms with E-state index in [2.05, 4.69) is 4.74 Å². The molecule has 0 heterocycles. The van der Waals surface area contributed by atoms with Gasteiger partial charge in [-0.1, -0.05) is 30.3 Å². The maximum Gasteiger partial charge on any atom is 0.434 e. The number of hydrogen-bond acceptors (Lipinski definition) is 3. The van der Waals surface area contributed by atoms with Crippen molar-refractivity contribution in [1.29, 1.82) is 0 Å². The highest BCUT2D eigenvalue weighted by molar-refractivity contribution is 5.92. The summed E-state index contributed by atoms with van der Waals surface area (Å²) in [6, 6.07) is 8.14. The molecule has 9 heteroatoms. The summed E-state index contributed by atoms with van der Waals surface area (Å²) < 4.78 is 86.4. The molecule has 0 aliphatic carbocycles. The molecule has 0 aliphatic rings. The number of halogens is 6. The summed E-state index contributed by atoms with van der Waals surface area (Å²) in [6.45, 7) is 4.31. The summed E-state index contributed by atoms with van der Waals surface area (Å²) in [4.78, 5) is 11.3. The van der Waals surface area contributed by atoms with Crippen LogP contribution < -0.4 is 4.74 Å². The third-order valence-corrected chi connectivity index (χ3v) is 3.77. The van der Waals surface area contributed by atoms with Gasteiger partial charge in [-0.3, -0.25) is 4.79 Å². The van der Waals surface area contributed by atoms with Crippen molar-refractivity contribution < 1.29 is 40.6 Å². The molecule has 0 bridgehead atoms. The Bertz CT molecular complexity index is 825. The minimum Gasteiger partial charge on any atom is -0.471 e. The molecule has 2 aromatic carbocycles. The van der Waals surface area contributed by atoms with E-state index in [0.29, 0.717) is 10.9 Å². The number of ether oxygens (including phenoxy) is 2. The predicted octanol–water partition coefficient (Wildman–Crippen LogP) is 5.51. The lowest BCUT2D eigenvalue weighted by Crippen LogP contribution is -2.46. The highest BCUT2D eigenvalue weighted by Gasteiger charge is 2.59. The van der Waals surface area contributed by atoms with Gasteiger partial charge in [0.15, 0.2) is 0 Å². The van der Waals surface area contributed by atoms with Gasteiger partial charge >= 0.3 is 18.3 Å². The largest absolute Gasteiger partial charge is 0.471 e. The molecule has 3 nitrogen and oxygen atoms in total. The summed E-state index contributed by atoms with van der Waals surface area (Å²) in [6.07, 6.45) is -15.2. The van der Waals surface area contributed by atoms with Crippen molar-refractivity contribution in [2.75, 3.05) is 0 Å². The molecular formula is C18H16F6O3. The van der Waals surface area contributed by atoms with E-state index in [-0.39, 0.29) is 5.39 Å². The van der Waals surface area contributed by atoms with E-state index in [1.54, 1.807) is 19.9 Å². The number of alkyl halides is 6. The summed E-state index contributed by atoms with van der Waals surface area (Å²) in [5, 5.41) is 0.345. The number of benzene rings is 2. The van der Waals surface area contributed by atoms with E-state index < -0.39 is 35.8 Å². The highest BCUT2D eigenvalue weighted by Crippen LogP contribution is 2.40. The molecule has 2 rings (SSSR count). The van der Waals surface area contributed by atoms with Crippen molar-refractivity contribution in [2.24, 2.45) is 0 Å². The fraction of sp³-hybridized carbons (Fsp3) is 0.389. The number of hydrogen-bond donors (Lipinski definition) is 0. The Hall–Kier alpha value is -2.45. The summed E-state index contributed by atoms with van der Waals surface area (Å²) in [7, 11) is 0. The standard InChI is InChI=1S/C18H16F6O3/c1-10(25)27-16(2,3)13-8-9-14(12-7-5-4-6-11(12)13)26-15(17(19,20)21)18(22,23)24/h4-9,15H,1-3H3. The van der Waals surface area contributed by atoms with Crippen LogP contribution in [0.1, 0.15) is 26.3 Å². The predicted molar refractivity (Wildman–Crippen MR) is 85.3 cm³/mol. The molecule has 0 saturated carbocycles. The molecule has 0 unspecified atom stereocenters. The summed E-state index contributed by atoms with van der Waals surface area (Å²) >= 11 is 0. The number of esters is 1. The second kappa shape index (κ2) is 6.94. The fourth-order valence-electron chi connectivity index (χ4n) is 2.76. The van der Waals surface area contributed by atoms with Crippen LogP contribution in [0.5, 0.6) is 5.75 Å². The normalized spacial score (nSPS) is 13.1. The Morgan fingerprint density at radius 3 is 1.89 bits per heavy atom. The van der Waals surface area contributed by atoms with Crippen LogP contribution in [0.3, 0.4) is 0 Å². The Balaban J connectivity index is 2.59. The van der Waals surface area contributed by atoms with Crippen molar-refractivity contribution in [2.45, 2.75) is 44.8 Å². The first kappa shape index (κ1) is 20.9.